The smallest absolute Gasteiger partial charge is 0.303 e. The molecule has 0 heterocycles. The first-order chi connectivity index (χ1) is 13.6. The Labute approximate surface area is 174 Å². The Morgan fingerprint density at radius 1 is 1.03 bits per heavy atom. The molecule has 4 fully saturated rings. The maximum absolute atomic E-state index is 11.5. The van der Waals surface area contributed by atoms with Gasteiger partial charge in [0.25, 0.3) is 0 Å². The number of aliphatic hydroxyl groups is 3. The third-order valence-corrected chi connectivity index (χ3v) is 10.3. The molecular weight excluding hydrogens is 368 g/mol. The van der Waals surface area contributed by atoms with E-state index in [-0.39, 0.29) is 41.3 Å². The van der Waals surface area contributed by atoms with E-state index in [2.05, 4.69) is 20.8 Å². The molecule has 166 valence electrons. The van der Waals surface area contributed by atoms with Crippen molar-refractivity contribution in [2.45, 2.75) is 96.9 Å². The summed E-state index contributed by atoms with van der Waals surface area (Å²) in [6.07, 6.45) is 6.00. The molecule has 5 heteroatoms. The summed E-state index contributed by atoms with van der Waals surface area (Å²) < 4.78 is 0. The summed E-state index contributed by atoms with van der Waals surface area (Å²) in [5.74, 6) is 0.997. The number of aliphatic hydroxyl groups excluding tert-OH is 3. The molecule has 0 aromatic heterocycles. The van der Waals surface area contributed by atoms with Crippen LogP contribution in [0.4, 0.5) is 0 Å². The molecule has 0 amide bonds. The van der Waals surface area contributed by atoms with Crippen LogP contribution in [0.25, 0.3) is 0 Å². The van der Waals surface area contributed by atoms with E-state index in [1.165, 1.54) is 0 Å². The quantitative estimate of drug-likeness (QED) is 0.571. The molecule has 0 spiro atoms. The minimum atomic E-state index is -0.748. The van der Waals surface area contributed by atoms with Crippen LogP contribution in [0, 0.1) is 46.3 Å². The number of aliphatic carboxylic acids is 1. The van der Waals surface area contributed by atoms with E-state index < -0.39 is 12.1 Å². The number of carboxylic acid groups (broad SMARTS) is 1. The van der Waals surface area contributed by atoms with Crippen LogP contribution < -0.4 is 0 Å². The van der Waals surface area contributed by atoms with E-state index in [0.29, 0.717) is 30.1 Å². The van der Waals surface area contributed by atoms with Crippen LogP contribution in [0.5, 0.6) is 0 Å². The third kappa shape index (κ3) is 3.27. The van der Waals surface area contributed by atoms with Crippen molar-refractivity contribution >= 4 is 5.97 Å². The summed E-state index contributed by atoms with van der Waals surface area (Å²) in [5, 5.41) is 42.0. The summed E-state index contributed by atoms with van der Waals surface area (Å²) >= 11 is 0. The van der Waals surface area contributed by atoms with Gasteiger partial charge in [-0.1, -0.05) is 20.8 Å². The number of rotatable bonds is 4. The first-order valence-corrected chi connectivity index (χ1v) is 11.8. The molecule has 0 aromatic rings. The summed E-state index contributed by atoms with van der Waals surface area (Å²) in [4.78, 5) is 11.1. The molecule has 4 aliphatic rings. The Morgan fingerprint density at radius 2 is 1.76 bits per heavy atom. The molecule has 0 aromatic carbocycles. The van der Waals surface area contributed by atoms with Gasteiger partial charge in [-0.05, 0) is 97.7 Å². The van der Waals surface area contributed by atoms with Crippen molar-refractivity contribution < 1.29 is 25.2 Å². The highest BCUT2D eigenvalue weighted by atomic mass is 16.4. The Bertz CT molecular complexity index is 637. The Kier molecular flexibility index (Phi) is 5.57. The first-order valence-electron chi connectivity index (χ1n) is 11.8. The summed E-state index contributed by atoms with van der Waals surface area (Å²) in [6, 6.07) is 0. The summed E-state index contributed by atoms with van der Waals surface area (Å²) in [7, 11) is 0. The highest BCUT2D eigenvalue weighted by Crippen LogP contribution is 2.68. The Balaban J connectivity index is 1.61. The highest BCUT2D eigenvalue weighted by molar-refractivity contribution is 5.66. The van der Waals surface area contributed by atoms with Gasteiger partial charge in [0.1, 0.15) is 0 Å². The molecule has 4 aliphatic carbocycles. The van der Waals surface area contributed by atoms with Gasteiger partial charge in [0, 0.05) is 6.42 Å². The van der Waals surface area contributed by atoms with E-state index >= 15 is 0 Å². The van der Waals surface area contributed by atoms with Crippen LogP contribution in [0.1, 0.15) is 78.6 Å². The van der Waals surface area contributed by atoms with Gasteiger partial charge in [-0.2, -0.15) is 0 Å². The predicted molar refractivity (Wildman–Crippen MR) is 110 cm³/mol. The van der Waals surface area contributed by atoms with E-state index in [4.69, 9.17) is 5.11 Å². The van der Waals surface area contributed by atoms with Crippen LogP contribution >= 0.6 is 0 Å². The van der Waals surface area contributed by atoms with Crippen LogP contribution in [0.15, 0.2) is 0 Å². The summed E-state index contributed by atoms with van der Waals surface area (Å²) in [6.45, 7) is 6.72. The molecule has 29 heavy (non-hydrogen) atoms. The Hall–Kier alpha value is -0.650. The van der Waals surface area contributed by atoms with E-state index in [0.717, 1.165) is 44.9 Å². The summed E-state index contributed by atoms with van der Waals surface area (Å²) in [5.41, 5.74) is -0.143. The van der Waals surface area contributed by atoms with Crippen LogP contribution in [-0.2, 0) is 4.79 Å². The normalized spacial score (nSPS) is 52.9. The van der Waals surface area contributed by atoms with Crippen LogP contribution in [0.3, 0.4) is 0 Å². The molecule has 0 bridgehead atoms. The number of hydrogen-bond donors (Lipinski definition) is 4. The van der Waals surface area contributed by atoms with Crippen molar-refractivity contribution in [2.75, 3.05) is 0 Å². The maximum Gasteiger partial charge on any atom is 0.303 e. The van der Waals surface area contributed by atoms with Crippen molar-refractivity contribution in [2.24, 2.45) is 46.3 Å². The minimum Gasteiger partial charge on any atom is -0.481 e. The van der Waals surface area contributed by atoms with Crippen molar-refractivity contribution in [1.82, 2.24) is 0 Å². The highest BCUT2D eigenvalue weighted by Gasteiger charge is 2.65. The van der Waals surface area contributed by atoms with Crippen molar-refractivity contribution in [3.63, 3.8) is 0 Å². The fourth-order valence-electron chi connectivity index (χ4n) is 8.68. The number of carbonyl (C=O) groups is 1. The largest absolute Gasteiger partial charge is 0.481 e. The van der Waals surface area contributed by atoms with E-state index in [1.54, 1.807) is 0 Å². The van der Waals surface area contributed by atoms with Crippen molar-refractivity contribution in [1.29, 1.82) is 0 Å². The average Bonchev–Trinajstić information content (AvgIpc) is 3.01. The second-order valence-corrected chi connectivity index (χ2v) is 11.4. The molecule has 0 radical (unpaired) electrons. The zero-order chi connectivity index (χ0) is 21.1. The van der Waals surface area contributed by atoms with Gasteiger partial charge >= 0.3 is 5.97 Å². The van der Waals surface area contributed by atoms with Gasteiger partial charge in [0.05, 0.1) is 18.3 Å². The molecular formula is C24H40O5. The molecule has 11 atom stereocenters. The van der Waals surface area contributed by atoms with Crippen LogP contribution in [-0.4, -0.2) is 44.7 Å². The number of hydrogen-bond acceptors (Lipinski definition) is 4. The molecule has 4 rings (SSSR count). The molecule has 5 nitrogen and oxygen atoms in total. The second kappa shape index (κ2) is 7.49. The number of carboxylic acids is 1. The molecule has 0 saturated heterocycles. The van der Waals surface area contributed by atoms with Crippen molar-refractivity contribution in [3.05, 3.63) is 0 Å². The van der Waals surface area contributed by atoms with E-state index in [1.807, 2.05) is 0 Å². The van der Waals surface area contributed by atoms with Gasteiger partial charge in [-0.25, -0.2) is 0 Å². The lowest BCUT2D eigenvalue weighted by Gasteiger charge is -2.63. The van der Waals surface area contributed by atoms with Gasteiger partial charge in [-0.3, -0.25) is 4.79 Å². The van der Waals surface area contributed by atoms with Gasteiger partial charge in [-0.15, -0.1) is 0 Å². The molecule has 4 N–H and O–H groups in total. The third-order valence-electron chi connectivity index (χ3n) is 10.3. The van der Waals surface area contributed by atoms with Crippen molar-refractivity contribution in [3.8, 4) is 0 Å². The topological polar surface area (TPSA) is 98.0 Å². The number of fused-ring (bicyclic) bond motifs is 5. The van der Waals surface area contributed by atoms with Gasteiger partial charge < -0.3 is 20.4 Å². The first kappa shape index (κ1) is 21.6. The monoisotopic (exact) mass is 408 g/mol. The zero-order valence-electron chi connectivity index (χ0n) is 18.3. The zero-order valence-corrected chi connectivity index (χ0v) is 18.3. The molecule has 4 saturated carbocycles. The second-order valence-electron chi connectivity index (χ2n) is 11.4. The van der Waals surface area contributed by atoms with Gasteiger partial charge in [0.2, 0.25) is 0 Å². The van der Waals surface area contributed by atoms with Gasteiger partial charge in [0.15, 0.2) is 0 Å². The lowest BCUT2D eigenvalue weighted by Crippen LogP contribution is -2.62. The fraction of sp³-hybridized carbons (Fsp3) is 0.958. The lowest BCUT2D eigenvalue weighted by molar-refractivity contribution is -0.207. The fourth-order valence-corrected chi connectivity index (χ4v) is 8.68. The lowest BCUT2D eigenvalue weighted by atomic mass is 9.43. The minimum absolute atomic E-state index is 0.0957. The molecule has 6 unspecified atom stereocenters. The predicted octanol–water partition coefficient (Wildman–Crippen LogP) is 3.45. The standard InChI is InChI=1S/C24H40O5/c1-13(4-7-21(28)29)16-5-6-17-22-18(12-20(27)24(16,17)3)23(2)9-8-15(25)10-14(23)11-19(22)26/h13-20,22,25-27H,4-12H2,1-3H3,(H,28,29)/t13?,14-,15+,16+,17?,18?,19-,20-,22?,23?,24?/m0/s1. The maximum atomic E-state index is 11.5. The van der Waals surface area contributed by atoms with E-state index in [9.17, 15) is 20.1 Å². The Morgan fingerprint density at radius 3 is 2.45 bits per heavy atom. The van der Waals surface area contributed by atoms with Crippen LogP contribution in [0.2, 0.25) is 0 Å². The average molecular weight is 409 g/mol. The SMILES string of the molecule is CC(CCC(=O)O)[C@H]1CCC2C3C(C[C@H](O)C21C)C1(C)CC[C@@H](O)C[C@H]1C[C@@H]3O. The molecule has 0 aliphatic heterocycles.